The number of rotatable bonds is 3. The molecule has 1 amide bonds. The standard InChI is InChI=1S/C16H18N2O3/c1-10-12(16(20)21)6-7-18(10)15(19)8-11-9-17-14-5-3-2-4-13(11)14/h2-5,9-10,12,17H,6-8H2,1H3,(H,20,21). The molecule has 5 heteroatoms. The quantitative estimate of drug-likeness (QED) is 0.906. The molecule has 1 aliphatic heterocycles. The van der Waals surface area contributed by atoms with Gasteiger partial charge in [-0.2, -0.15) is 0 Å². The SMILES string of the molecule is CC1C(C(=O)O)CCN1C(=O)Cc1c[nH]c2ccccc12. The van der Waals surface area contributed by atoms with Crippen LogP contribution in [0.1, 0.15) is 18.9 Å². The molecule has 110 valence electrons. The number of aromatic amines is 1. The van der Waals surface area contributed by atoms with Gasteiger partial charge < -0.3 is 15.0 Å². The summed E-state index contributed by atoms with van der Waals surface area (Å²) in [6.45, 7) is 2.35. The Morgan fingerprint density at radius 3 is 2.86 bits per heavy atom. The summed E-state index contributed by atoms with van der Waals surface area (Å²) >= 11 is 0. The van der Waals surface area contributed by atoms with Gasteiger partial charge in [0.1, 0.15) is 0 Å². The van der Waals surface area contributed by atoms with Crippen LogP contribution in [0.4, 0.5) is 0 Å². The largest absolute Gasteiger partial charge is 0.481 e. The van der Waals surface area contributed by atoms with Crippen LogP contribution in [0.2, 0.25) is 0 Å². The second-order valence-electron chi connectivity index (χ2n) is 5.60. The van der Waals surface area contributed by atoms with Crippen molar-refractivity contribution in [2.24, 2.45) is 5.92 Å². The number of amides is 1. The lowest BCUT2D eigenvalue weighted by atomic mass is 10.0. The number of carboxylic acids is 1. The first-order valence-corrected chi connectivity index (χ1v) is 7.15. The molecular weight excluding hydrogens is 268 g/mol. The Morgan fingerprint density at radius 2 is 2.14 bits per heavy atom. The van der Waals surface area contributed by atoms with Crippen LogP contribution in [0.5, 0.6) is 0 Å². The maximum Gasteiger partial charge on any atom is 0.308 e. The first-order chi connectivity index (χ1) is 10.1. The van der Waals surface area contributed by atoms with E-state index in [1.807, 2.05) is 37.4 Å². The maximum absolute atomic E-state index is 12.5. The minimum Gasteiger partial charge on any atom is -0.481 e. The Labute approximate surface area is 122 Å². The van der Waals surface area contributed by atoms with E-state index in [9.17, 15) is 9.59 Å². The Balaban J connectivity index is 1.76. The molecule has 0 spiro atoms. The van der Waals surface area contributed by atoms with Crippen LogP contribution in [0, 0.1) is 5.92 Å². The third kappa shape index (κ3) is 2.39. The number of aliphatic carboxylic acids is 1. The van der Waals surface area contributed by atoms with E-state index < -0.39 is 11.9 Å². The molecule has 5 nitrogen and oxygen atoms in total. The van der Waals surface area contributed by atoms with E-state index in [1.165, 1.54) is 0 Å². The molecular formula is C16H18N2O3. The van der Waals surface area contributed by atoms with Gasteiger partial charge in [-0.05, 0) is 25.0 Å². The van der Waals surface area contributed by atoms with Gasteiger partial charge in [-0.1, -0.05) is 18.2 Å². The molecule has 2 unspecified atom stereocenters. The van der Waals surface area contributed by atoms with Crippen molar-refractivity contribution in [1.29, 1.82) is 0 Å². The minimum absolute atomic E-state index is 0.00370. The molecule has 0 radical (unpaired) electrons. The van der Waals surface area contributed by atoms with Crippen LogP contribution in [0.15, 0.2) is 30.5 Å². The normalized spacial score (nSPS) is 21.9. The fourth-order valence-corrected chi connectivity index (χ4v) is 3.16. The van der Waals surface area contributed by atoms with Gasteiger partial charge in [-0.15, -0.1) is 0 Å². The number of carbonyl (C=O) groups is 2. The summed E-state index contributed by atoms with van der Waals surface area (Å²) in [6, 6.07) is 7.62. The highest BCUT2D eigenvalue weighted by molar-refractivity contribution is 5.89. The lowest BCUT2D eigenvalue weighted by Gasteiger charge is -2.23. The number of hydrogen-bond acceptors (Lipinski definition) is 2. The lowest BCUT2D eigenvalue weighted by Crippen LogP contribution is -2.38. The third-order valence-corrected chi connectivity index (χ3v) is 4.41. The van der Waals surface area contributed by atoms with E-state index in [-0.39, 0.29) is 11.9 Å². The summed E-state index contributed by atoms with van der Waals surface area (Å²) in [5.41, 5.74) is 1.97. The molecule has 1 aliphatic rings. The van der Waals surface area contributed by atoms with Crippen molar-refractivity contribution in [2.75, 3.05) is 6.54 Å². The molecule has 0 bridgehead atoms. The topological polar surface area (TPSA) is 73.4 Å². The summed E-state index contributed by atoms with van der Waals surface area (Å²) in [6.07, 6.45) is 2.70. The van der Waals surface area contributed by atoms with Gasteiger partial charge >= 0.3 is 5.97 Å². The molecule has 2 atom stereocenters. The van der Waals surface area contributed by atoms with Crippen LogP contribution >= 0.6 is 0 Å². The summed E-state index contributed by atoms with van der Waals surface area (Å²) in [4.78, 5) is 28.4. The molecule has 1 fully saturated rings. The second-order valence-corrected chi connectivity index (χ2v) is 5.60. The predicted octanol–water partition coefficient (Wildman–Crippen LogP) is 2.03. The molecule has 2 N–H and O–H groups in total. The van der Waals surface area contributed by atoms with Crippen molar-refractivity contribution >= 4 is 22.8 Å². The Hall–Kier alpha value is -2.30. The summed E-state index contributed by atoms with van der Waals surface area (Å²) < 4.78 is 0. The zero-order valence-corrected chi connectivity index (χ0v) is 11.9. The minimum atomic E-state index is -0.815. The predicted molar refractivity (Wildman–Crippen MR) is 78.9 cm³/mol. The smallest absolute Gasteiger partial charge is 0.308 e. The number of carboxylic acid groups (broad SMARTS) is 1. The number of para-hydroxylation sites is 1. The first kappa shape index (κ1) is 13.7. The lowest BCUT2D eigenvalue weighted by molar-refractivity contribution is -0.143. The molecule has 21 heavy (non-hydrogen) atoms. The Bertz CT molecular complexity index is 692. The monoisotopic (exact) mass is 286 g/mol. The van der Waals surface area contributed by atoms with Crippen LogP contribution in [-0.4, -0.2) is 39.5 Å². The van der Waals surface area contributed by atoms with Crippen molar-refractivity contribution in [3.8, 4) is 0 Å². The number of nitrogens with one attached hydrogen (secondary N) is 1. The van der Waals surface area contributed by atoms with Gasteiger partial charge in [-0.3, -0.25) is 9.59 Å². The fourth-order valence-electron chi connectivity index (χ4n) is 3.16. The van der Waals surface area contributed by atoms with E-state index in [0.29, 0.717) is 19.4 Å². The van der Waals surface area contributed by atoms with Crippen molar-refractivity contribution in [2.45, 2.75) is 25.8 Å². The van der Waals surface area contributed by atoms with Gasteiger partial charge in [0.2, 0.25) is 5.91 Å². The molecule has 2 heterocycles. The van der Waals surface area contributed by atoms with Crippen LogP contribution in [0.3, 0.4) is 0 Å². The highest BCUT2D eigenvalue weighted by atomic mass is 16.4. The molecule has 1 aromatic carbocycles. The van der Waals surface area contributed by atoms with E-state index in [0.717, 1.165) is 16.5 Å². The number of hydrogen-bond donors (Lipinski definition) is 2. The number of likely N-dealkylation sites (tertiary alicyclic amines) is 1. The van der Waals surface area contributed by atoms with Crippen LogP contribution in [0.25, 0.3) is 10.9 Å². The first-order valence-electron chi connectivity index (χ1n) is 7.15. The molecule has 1 aromatic heterocycles. The molecule has 0 saturated carbocycles. The van der Waals surface area contributed by atoms with Gasteiger partial charge in [0.25, 0.3) is 0 Å². The summed E-state index contributed by atoms with van der Waals surface area (Å²) in [7, 11) is 0. The number of nitrogens with zero attached hydrogens (tertiary/aromatic N) is 1. The van der Waals surface area contributed by atoms with E-state index in [1.54, 1.807) is 4.90 Å². The number of carbonyl (C=O) groups excluding carboxylic acids is 1. The highest BCUT2D eigenvalue weighted by Crippen LogP contribution is 2.26. The maximum atomic E-state index is 12.5. The van der Waals surface area contributed by atoms with Crippen LogP contribution < -0.4 is 0 Å². The number of benzene rings is 1. The molecule has 1 saturated heterocycles. The summed E-state index contributed by atoms with van der Waals surface area (Å²) in [5, 5.41) is 10.2. The molecule has 2 aromatic rings. The zero-order chi connectivity index (χ0) is 15.0. The van der Waals surface area contributed by atoms with Gasteiger partial charge in [0, 0.05) is 29.7 Å². The Kier molecular flexibility index (Phi) is 3.41. The van der Waals surface area contributed by atoms with Gasteiger partial charge in [-0.25, -0.2) is 0 Å². The fraction of sp³-hybridized carbons (Fsp3) is 0.375. The highest BCUT2D eigenvalue weighted by Gasteiger charge is 2.37. The summed E-state index contributed by atoms with van der Waals surface area (Å²) in [5.74, 6) is -1.27. The second kappa shape index (κ2) is 5.24. The number of aromatic nitrogens is 1. The van der Waals surface area contributed by atoms with Gasteiger partial charge in [0.15, 0.2) is 0 Å². The average Bonchev–Trinajstić information content (AvgIpc) is 3.03. The molecule has 3 rings (SSSR count). The third-order valence-electron chi connectivity index (χ3n) is 4.41. The number of H-pyrrole nitrogens is 1. The average molecular weight is 286 g/mol. The Morgan fingerprint density at radius 1 is 1.38 bits per heavy atom. The van der Waals surface area contributed by atoms with Crippen molar-refractivity contribution in [1.82, 2.24) is 9.88 Å². The van der Waals surface area contributed by atoms with Crippen molar-refractivity contribution < 1.29 is 14.7 Å². The number of fused-ring (bicyclic) bond motifs is 1. The van der Waals surface area contributed by atoms with Crippen molar-refractivity contribution in [3.05, 3.63) is 36.0 Å². The van der Waals surface area contributed by atoms with Crippen LogP contribution in [-0.2, 0) is 16.0 Å². The van der Waals surface area contributed by atoms with Gasteiger partial charge in [0.05, 0.1) is 12.3 Å². The van der Waals surface area contributed by atoms with Crippen molar-refractivity contribution in [3.63, 3.8) is 0 Å². The van der Waals surface area contributed by atoms with E-state index in [2.05, 4.69) is 4.98 Å². The van der Waals surface area contributed by atoms with E-state index >= 15 is 0 Å². The zero-order valence-electron chi connectivity index (χ0n) is 11.9. The molecule has 0 aliphatic carbocycles. The van der Waals surface area contributed by atoms with E-state index in [4.69, 9.17) is 5.11 Å².